The molecule has 1 amide bonds. The van der Waals surface area contributed by atoms with Crippen LogP contribution in [0.5, 0.6) is 0 Å². The Morgan fingerprint density at radius 2 is 1.78 bits per heavy atom. The van der Waals surface area contributed by atoms with Gasteiger partial charge in [-0.05, 0) is 39.3 Å². The van der Waals surface area contributed by atoms with Crippen molar-refractivity contribution in [2.24, 2.45) is 11.7 Å². The van der Waals surface area contributed by atoms with Crippen LogP contribution in [-0.2, 0) is 4.79 Å². The van der Waals surface area contributed by atoms with Crippen LogP contribution in [0, 0.1) is 5.92 Å². The lowest BCUT2D eigenvalue weighted by molar-refractivity contribution is -0.136. The average Bonchev–Trinajstić information content (AvgIpc) is 2.65. The molecule has 0 aromatic rings. The Morgan fingerprint density at radius 1 is 1.22 bits per heavy atom. The molecule has 0 bridgehead atoms. The van der Waals surface area contributed by atoms with Gasteiger partial charge in [0.05, 0.1) is 6.04 Å². The lowest BCUT2D eigenvalue weighted by Gasteiger charge is -2.31. The first-order valence-electron chi connectivity index (χ1n) is 7.25. The fourth-order valence-corrected chi connectivity index (χ4v) is 2.47. The van der Waals surface area contributed by atoms with Gasteiger partial charge in [-0.15, -0.1) is 0 Å². The van der Waals surface area contributed by atoms with Crippen LogP contribution in [0.15, 0.2) is 0 Å². The van der Waals surface area contributed by atoms with Crippen LogP contribution in [0.3, 0.4) is 0 Å². The van der Waals surface area contributed by atoms with Crippen LogP contribution < -0.4 is 5.73 Å². The van der Waals surface area contributed by atoms with Gasteiger partial charge in [0, 0.05) is 19.6 Å². The van der Waals surface area contributed by atoms with Crippen molar-refractivity contribution in [2.75, 3.05) is 33.2 Å². The quantitative estimate of drug-likeness (QED) is 0.805. The topological polar surface area (TPSA) is 49.6 Å². The minimum absolute atomic E-state index is 0.0305. The molecule has 2 N–H and O–H groups in total. The summed E-state index contributed by atoms with van der Waals surface area (Å²) in [5.41, 5.74) is 5.64. The Hall–Kier alpha value is -0.610. The molecule has 2 atom stereocenters. The van der Waals surface area contributed by atoms with E-state index in [2.05, 4.69) is 11.8 Å². The second-order valence-electron chi connectivity index (χ2n) is 5.70. The maximum Gasteiger partial charge on any atom is 0.239 e. The SMILES string of the molecule is CC(CN)CN(C)C(C)C(=O)N1CCCCCC1. The number of nitrogens with two attached hydrogens (primary N) is 1. The lowest BCUT2D eigenvalue weighted by Crippen LogP contribution is -2.47. The van der Waals surface area contributed by atoms with Crippen molar-refractivity contribution < 1.29 is 4.79 Å². The van der Waals surface area contributed by atoms with Gasteiger partial charge in [0.2, 0.25) is 5.91 Å². The van der Waals surface area contributed by atoms with Gasteiger partial charge in [-0.1, -0.05) is 19.8 Å². The van der Waals surface area contributed by atoms with Crippen LogP contribution in [0.1, 0.15) is 39.5 Å². The summed E-state index contributed by atoms with van der Waals surface area (Å²) in [5, 5.41) is 0. The minimum Gasteiger partial charge on any atom is -0.341 e. The fourth-order valence-electron chi connectivity index (χ4n) is 2.47. The van der Waals surface area contributed by atoms with Crippen LogP contribution in [0.4, 0.5) is 0 Å². The third kappa shape index (κ3) is 4.58. The van der Waals surface area contributed by atoms with Gasteiger partial charge in [0.1, 0.15) is 0 Å². The van der Waals surface area contributed by atoms with Gasteiger partial charge in [0.15, 0.2) is 0 Å². The van der Waals surface area contributed by atoms with Crippen LogP contribution in [0.25, 0.3) is 0 Å². The first-order valence-corrected chi connectivity index (χ1v) is 7.25. The molecule has 0 saturated carbocycles. The number of likely N-dealkylation sites (N-methyl/N-ethyl adjacent to an activating group) is 1. The molecule has 0 radical (unpaired) electrons. The predicted molar refractivity (Wildman–Crippen MR) is 75.4 cm³/mol. The van der Waals surface area contributed by atoms with Crippen LogP contribution in [0.2, 0.25) is 0 Å². The molecule has 1 saturated heterocycles. The maximum atomic E-state index is 12.4. The standard InChI is InChI=1S/C14H29N3O/c1-12(10-15)11-16(3)13(2)14(18)17-8-6-4-5-7-9-17/h12-13H,4-11,15H2,1-3H3. The summed E-state index contributed by atoms with van der Waals surface area (Å²) in [5.74, 6) is 0.720. The zero-order valence-corrected chi connectivity index (χ0v) is 12.2. The number of carbonyl (C=O) groups is 1. The molecule has 2 unspecified atom stereocenters. The summed E-state index contributed by atoms with van der Waals surface area (Å²) in [7, 11) is 2.02. The molecule has 4 heteroatoms. The molecule has 18 heavy (non-hydrogen) atoms. The van der Waals surface area contributed by atoms with E-state index in [0.29, 0.717) is 12.5 Å². The van der Waals surface area contributed by atoms with Gasteiger partial charge >= 0.3 is 0 Å². The molecule has 4 nitrogen and oxygen atoms in total. The van der Waals surface area contributed by atoms with Crippen molar-refractivity contribution in [3.05, 3.63) is 0 Å². The van der Waals surface area contributed by atoms with E-state index in [4.69, 9.17) is 5.73 Å². The maximum absolute atomic E-state index is 12.4. The summed E-state index contributed by atoms with van der Waals surface area (Å²) in [4.78, 5) is 16.6. The highest BCUT2D eigenvalue weighted by Crippen LogP contribution is 2.12. The molecule has 1 heterocycles. The first-order chi connectivity index (χ1) is 8.56. The Labute approximate surface area is 111 Å². The van der Waals surface area contributed by atoms with Crippen LogP contribution in [-0.4, -0.2) is 55.0 Å². The number of nitrogens with zero attached hydrogens (tertiary/aromatic N) is 2. The minimum atomic E-state index is -0.0305. The second kappa shape index (κ2) is 7.74. The highest BCUT2D eigenvalue weighted by molar-refractivity contribution is 5.81. The predicted octanol–water partition coefficient (Wildman–Crippen LogP) is 1.30. The molecule has 106 valence electrons. The van der Waals surface area contributed by atoms with Gasteiger partial charge in [-0.25, -0.2) is 0 Å². The lowest BCUT2D eigenvalue weighted by atomic mass is 10.1. The summed E-state index contributed by atoms with van der Waals surface area (Å²) >= 11 is 0. The van der Waals surface area contributed by atoms with E-state index in [1.165, 1.54) is 12.8 Å². The summed E-state index contributed by atoms with van der Waals surface area (Å²) in [6.45, 7) is 7.56. The van der Waals surface area contributed by atoms with Gasteiger partial charge in [-0.2, -0.15) is 0 Å². The van der Waals surface area contributed by atoms with Crippen molar-refractivity contribution in [3.63, 3.8) is 0 Å². The molecule has 1 rings (SSSR count). The van der Waals surface area contributed by atoms with Crippen molar-refractivity contribution in [1.82, 2.24) is 9.80 Å². The second-order valence-corrected chi connectivity index (χ2v) is 5.70. The van der Waals surface area contributed by atoms with Crippen molar-refractivity contribution >= 4 is 5.91 Å². The average molecular weight is 255 g/mol. The monoisotopic (exact) mass is 255 g/mol. The molecule has 0 spiro atoms. The number of likely N-dealkylation sites (tertiary alicyclic amines) is 1. The molecule has 0 aromatic heterocycles. The summed E-state index contributed by atoms with van der Waals surface area (Å²) < 4.78 is 0. The number of hydrogen-bond donors (Lipinski definition) is 1. The third-order valence-corrected chi connectivity index (χ3v) is 3.94. The van der Waals surface area contributed by atoms with Crippen molar-refractivity contribution in [2.45, 2.75) is 45.6 Å². The molecule has 1 aliphatic rings. The first kappa shape index (κ1) is 15.4. The van der Waals surface area contributed by atoms with E-state index in [1.54, 1.807) is 0 Å². The number of amides is 1. The Kier molecular flexibility index (Phi) is 6.65. The fraction of sp³-hybridized carbons (Fsp3) is 0.929. The van der Waals surface area contributed by atoms with Gasteiger partial charge in [-0.3, -0.25) is 9.69 Å². The number of rotatable bonds is 5. The Morgan fingerprint density at radius 3 is 2.28 bits per heavy atom. The van der Waals surface area contributed by atoms with Crippen molar-refractivity contribution in [3.8, 4) is 0 Å². The van der Waals surface area contributed by atoms with E-state index < -0.39 is 0 Å². The largest absolute Gasteiger partial charge is 0.341 e. The molecule has 0 aliphatic carbocycles. The van der Waals surface area contributed by atoms with E-state index in [9.17, 15) is 4.79 Å². The molecule has 1 aliphatic heterocycles. The zero-order chi connectivity index (χ0) is 13.5. The van der Waals surface area contributed by atoms with E-state index in [-0.39, 0.29) is 11.9 Å². The Balaban J connectivity index is 2.48. The normalized spacial score (nSPS) is 20.6. The van der Waals surface area contributed by atoms with E-state index >= 15 is 0 Å². The third-order valence-electron chi connectivity index (χ3n) is 3.94. The van der Waals surface area contributed by atoms with Crippen LogP contribution >= 0.6 is 0 Å². The molecular weight excluding hydrogens is 226 g/mol. The molecule has 0 aromatic carbocycles. The smallest absolute Gasteiger partial charge is 0.239 e. The van der Waals surface area contributed by atoms with Gasteiger partial charge < -0.3 is 10.6 Å². The highest BCUT2D eigenvalue weighted by atomic mass is 16.2. The number of carbonyl (C=O) groups excluding carboxylic acids is 1. The van der Waals surface area contributed by atoms with E-state index in [0.717, 1.165) is 32.5 Å². The molecular formula is C14H29N3O. The Bertz CT molecular complexity index is 249. The molecule has 1 fully saturated rings. The summed E-state index contributed by atoms with van der Waals surface area (Å²) in [6, 6.07) is -0.0305. The van der Waals surface area contributed by atoms with Gasteiger partial charge in [0.25, 0.3) is 0 Å². The highest BCUT2D eigenvalue weighted by Gasteiger charge is 2.24. The number of hydrogen-bond acceptors (Lipinski definition) is 3. The van der Waals surface area contributed by atoms with Crippen molar-refractivity contribution in [1.29, 1.82) is 0 Å². The van der Waals surface area contributed by atoms with E-state index in [1.807, 2.05) is 18.9 Å². The zero-order valence-electron chi connectivity index (χ0n) is 12.2. The summed E-state index contributed by atoms with van der Waals surface area (Å²) in [6.07, 6.45) is 4.83.